The van der Waals surface area contributed by atoms with Gasteiger partial charge in [-0.1, -0.05) is 25.4 Å². The first-order valence-corrected chi connectivity index (χ1v) is 8.11. The zero-order chi connectivity index (χ0) is 14.4. The van der Waals surface area contributed by atoms with E-state index in [1.165, 1.54) is 11.3 Å². The van der Waals surface area contributed by atoms with Crippen molar-refractivity contribution in [3.8, 4) is 0 Å². The number of likely N-dealkylation sites (N-methyl/N-ethyl adjacent to an activating group) is 1. The van der Waals surface area contributed by atoms with Gasteiger partial charge in [0.25, 0.3) is 0 Å². The fourth-order valence-electron chi connectivity index (χ4n) is 1.72. The maximum absolute atomic E-state index is 11.3. The molecular formula is C12H18BrClN2O2S. The van der Waals surface area contributed by atoms with Crippen LogP contribution in [0.1, 0.15) is 24.8 Å². The van der Waals surface area contributed by atoms with Gasteiger partial charge in [0, 0.05) is 22.4 Å². The molecule has 4 nitrogen and oxygen atoms in total. The largest absolute Gasteiger partial charge is 0.480 e. The molecule has 0 saturated heterocycles. The van der Waals surface area contributed by atoms with Crippen LogP contribution in [0.2, 0.25) is 4.34 Å². The summed E-state index contributed by atoms with van der Waals surface area (Å²) in [5.41, 5.74) is 0. The molecule has 0 aromatic carbocycles. The predicted octanol–water partition coefficient (Wildman–Crippen LogP) is 3.22. The molecule has 19 heavy (non-hydrogen) atoms. The molecule has 1 aromatic heterocycles. The molecule has 0 saturated carbocycles. The summed E-state index contributed by atoms with van der Waals surface area (Å²) in [6.45, 7) is 7.57. The van der Waals surface area contributed by atoms with Gasteiger partial charge in [-0.25, -0.2) is 0 Å². The van der Waals surface area contributed by atoms with Gasteiger partial charge in [0.15, 0.2) is 0 Å². The van der Waals surface area contributed by atoms with Crippen LogP contribution in [0.25, 0.3) is 0 Å². The Morgan fingerprint density at radius 2 is 2.21 bits per heavy atom. The summed E-state index contributed by atoms with van der Waals surface area (Å²) < 4.78 is 1.32. The van der Waals surface area contributed by atoms with Gasteiger partial charge in [0.2, 0.25) is 0 Å². The third-order valence-electron chi connectivity index (χ3n) is 2.87. The third kappa shape index (κ3) is 5.04. The van der Waals surface area contributed by atoms with Crippen LogP contribution in [0, 0.1) is 0 Å². The minimum Gasteiger partial charge on any atom is -0.480 e. The van der Waals surface area contributed by atoms with Crippen molar-refractivity contribution in [2.75, 3.05) is 26.2 Å². The fourth-order valence-corrected chi connectivity index (χ4v) is 3.53. The summed E-state index contributed by atoms with van der Waals surface area (Å²) in [6, 6.07) is 1.06. The van der Waals surface area contributed by atoms with Gasteiger partial charge in [0.05, 0.1) is 0 Å². The van der Waals surface area contributed by atoms with Gasteiger partial charge in [-0.15, -0.1) is 11.3 Å². The van der Waals surface area contributed by atoms with Crippen molar-refractivity contribution < 1.29 is 9.90 Å². The molecule has 0 fully saturated rings. The number of carboxylic acid groups (broad SMARTS) is 1. The lowest BCUT2D eigenvalue weighted by Gasteiger charge is -2.20. The lowest BCUT2D eigenvalue weighted by Crippen LogP contribution is -2.36. The average Bonchev–Trinajstić information content (AvgIpc) is 2.69. The molecule has 0 aliphatic carbocycles. The van der Waals surface area contributed by atoms with Gasteiger partial charge >= 0.3 is 5.97 Å². The third-order valence-corrected chi connectivity index (χ3v) is 5.41. The fraction of sp³-hybridized carbons (Fsp3) is 0.583. The van der Waals surface area contributed by atoms with E-state index < -0.39 is 12.0 Å². The van der Waals surface area contributed by atoms with E-state index in [0.717, 1.165) is 24.1 Å². The SMILES string of the molecule is CCN(CC)CCNC(C(=O)O)c1cc(Br)c(Cl)s1. The monoisotopic (exact) mass is 368 g/mol. The second-order valence-electron chi connectivity index (χ2n) is 4.02. The van der Waals surface area contributed by atoms with Gasteiger partial charge in [-0.2, -0.15) is 0 Å². The van der Waals surface area contributed by atoms with Gasteiger partial charge in [-0.3, -0.25) is 10.1 Å². The molecule has 0 aliphatic rings. The molecule has 1 rings (SSSR count). The van der Waals surface area contributed by atoms with E-state index in [1.807, 2.05) is 0 Å². The van der Waals surface area contributed by atoms with Crippen LogP contribution in [0.15, 0.2) is 10.5 Å². The normalized spacial score (nSPS) is 12.9. The van der Waals surface area contributed by atoms with Gasteiger partial charge < -0.3 is 10.0 Å². The van der Waals surface area contributed by atoms with Crippen LogP contribution >= 0.6 is 38.9 Å². The van der Waals surface area contributed by atoms with Crippen molar-refractivity contribution in [2.24, 2.45) is 0 Å². The number of carbonyl (C=O) groups is 1. The molecule has 2 N–H and O–H groups in total. The van der Waals surface area contributed by atoms with E-state index in [-0.39, 0.29) is 0 Å². The second kappa shape index (κ2) is 8.21. The topological polar surface area (TPSA) is 52.6 Å². The minimum absolute atomic E-state index is 0.576. The van der Waals surface area contributed by atoms with Crippen molar-refractivity contribution in [1.82, 2.24) is 10.2 Å². The molecule has 7 heteroatoms. The van der Waals surface area contributed by atoms with E-state index in [4.69, 9.17) is 11.6 Å². The Hall–Kier alpha value is -0.140. The molecule has 1 unspecified atom stereocenters. The molecule has 1 heterocycles. The van der Waals surface area contributed by atoms with E-state index in [2.05, 4.69) is 40.0 Å². The standard InChI is InChI=1S/C12H18BrClN2O2S/c1-3-16(4-2)6-5-15-10(12(17)18)9-7-8(13)11(14)19-9/h7,10,15H,3-6H2,1-2H3,(H,17,18). The lowest BCUT2D eigenvalue weighted by molar-refractivity contribution is -0.139. The van der Waals surface area contributed by atoms with E-state index >= 15 is 0 Å². The minimum atomic E-state index is -0.884. The highest BCUT2D eigenvalue weighted by Crippen LogP contribution is 2.35. The number of carboxylic acids is 1. The van der Waals surface area contributed by atoms with Gasteiger partial charge in [-0.05, 0) is 35.1 Å². The first-order valence-electron chi connectivity index (χ1n) is 6.12. The zero-order valence-corrected chi connectivity index (χ0v) is 14.1. The number of halogens is 2. The van der Waals surface area contributed by atoms with Crippen molar-refractivity contribution >= 4 is 44.8 Å². The number of nitrogens with one attached hydrogen (secondary N) is 1. The molecule has 0 spiro atoms. The molecule has 1 atom stereocenters. The molecule has 0 bridgehead atoms. The number of aliphatic carboxylic acids is 1. The van der Waals surface area contributed by atoms with Crippen LogP contribution in [0.5, 0.6) is 0 Å². The molecule has 108 valence electrons. The summed E-state index contributed by atoms with van der Waals surface area (Å²) in [4.78, 5) is 14.3. The Bertz CT molecular complexity index is 404. The van der Waals surface area contributed by atoms with Crippen LogP contribution in [0.3, 0.4) is 0 Å². The summed E-state index contributed by atoms with van der Waals surface area (Å²) in [7, 11) is 0. The van der Waals surface area contributed by atoms with Crippen molar-refractivity contribution in [3.05, 3.63) is 19.8 Å². The Morgan fingerprint density at radius 1 is 1.58 bits per heavy atom. The number of thiophene rings is 1. The number of hydrogen-bond acceptors (Lipinski definition) is 4. The van der Waals surface area contributed by atoms with Crippen LogP contribution in [-0.4, -0.2) is 42.2 Å². The smallest absolute Gasteiger partial charge is 0.326 e. The van der Waals surface area contributed by atoms with Crippen molar-refractivity contribution in [2.45, 2.75) is 19.9 Å². The van der Waals surface area contributed by atoms with Crippen LogP contribution in [-0.2, 0) is 4.79 Å². The molecule has 0 radical (unpaired) electrons. The Kier molecular flexibility index (Phi) is 7.31. The first-order chi connectivity index (χ1) is 8.99. The summed E-state index contributed by atoms with van der Waals surface area (Å²) in [5.74, 6) is -0.884. The number of rotatable bonds is 8. The van der Waals surface area contributed by atoms with E-state index in [9.17, 15) is 9.90 Å². The molecular weight excluding hydrogens is 352 g/mol. The summed E-state index contributed by atoms with van der Waals surface area (Å²) in [6.07, 6.45) is 0. The highest BCUT2D eigenvalue weighted by molar-refractivity contribution is 9.10. The number of hydrogen-bond donors (Lipinski definition) is 2. The number of nitrogens with zero attached hydrogens (tertiary/aromatic N) is 1. The zero-order valence-electron chi connectivity index (χ0n) is 10.9. The Balaban J connectivity index is 2.61. The van der Waals surface area contributed by atoms with Crippen LogP contribution < -0.4 is 5.32 Å². The van der Waals surface area contributed by atoms with Crippen molar-refractivity contribution in [3.63, 3.8) is 0 Å². The highest BCUT2D eigenvalue weighted by atomic mass is 79.9. The maximum atomic E-state index is 11.3. The lowest BCUT2D eigenvalue weighted by atomic mass is 10.2. The van der Waals surface area contributed by atoms with Gasteiger partial charge in [0.1, 0.15) is 10.4 Å². The Morgan fingerprint density at radius 3 is 2.63 bits per heavy atom. The summed E-state index contributed by atoms with van der Waals surface area (Å²) in [5, 5.41) is 12.3. The Labute approximate surface area is 130 Å². The van der Waals surface area contributed by atoms with E-state index in [0.29, 0.717) is 15.8 Å². The first kappa shape index (κ1) is 16.9. The maximum Gasteiger partial charge on any atom is 0.326 e. The summed E-state index contributed by atoms with van der Waals surface area (Å²) >= 11 is 10.5. The average molecular weight is 370 g/mol. The van der Waals surface area contributed by atoms with E-state index in [1.54, 1.807) is 6.07 Å². The second-order valence-corrected chi connectivity index (χ2v) is 6.56. The molecule has 1 aromatic rings. The van der Waals surface area contributed by atoms with Crippen LogP contribution in [0.4, 0.5) is 0 Å². The predicted molar refractivity (Wildman–Crippen MR) is 83.2 cm³/mol. The van der Waals surface area contributed by atoms with Crippen molar-refractivity contribution in [1.29, 1.82) is 0 Å². The molecule has 0 amide bonds. The molecule has 0 aliphatic heterocycles. The highest BCUT2D eigenvalue weighted by Gasteiger charge is 2.22. The quantitative estimate of drug-likeness (QED) is 0.739.